The predicted molar refractivity (Wildman–Crippen MR) is 99.7 cm³/mol. The van der Waals surface area contributed by atoms with E-state index in [1.54, 1.807) is 11.2 Å². The maximum absolute atomic E-state index is 13.0. The molecule has 5 heteroatoms. The lowest BCUT2D eigenvalue weighted by Gasteiger charge is -2.18. The molecule has 2 aromatic heterocycles. The topological polar surface area (TPSA) is 46.3 Å². The van der Waals surface area contributed by atoms with E-state index in [1.165, 1.54) is 11.3 Å². The Morgan fingerprint density at radius 2 is 1.80 bits per heavy atom. The molecule has 0 fully saturated rings. The molecule has 0 aliphatic heterocycles. The van der Waals surface area contributed by atoms with Gasteiger partial charge in [0, 0.05) is 0 Å². The Hall–Kier alpha value is -2.92. The van der Waals surface area contributed by atoms with Crippen LogP contribution in [0.3, 0.4) is 0 Å². The average Bonchev–Trinajstić information content (AvgIpc) is 3.29. The molecule has 0 unspecified atom stereocenters. The smallest absolute Gasteiger partial charge is 0.233 e. The third kappa shape index (κ3) is 3.46. The number of hydrogen-bond acceptors (Lipinski definition) is 4. The molecule has 4 rings (SSSR count). The summed E-state index contributed by atoms with van der Waals surface area (Å²) >= 11 is 1.52. The first-order chi connectivity index (χ1) is 12.3. The van der Waals surface area contributed by atoms with Crippen LogP contribution in [0.5, 0.6) is 0 Å². The molecule has 0 N–H and O–H groups in total. The van der Waals surface area contributed by atoms with Gasteiger partial charge in [0.2, 0.25) is 5.91 Å². The summed E-state index contributed by atoms with van der Waals surface area (Å²) in [7, 11) is 0. The number of carbonyl (C=O) groups excluding carboxylic acids is 1. The number of amides is 1. The molecule has 0 aliphatic carbocycles. The number of thiazole rings is 1. The SMILES string of the molecule is O=C(Cc1ccccc1)N(Cc1ccco1)c1nc2ccccc2s1. The predicted octanol–water partition coefficient (Wildman–Crippen LogP) is 4.67. The highest BCUT2D eigenvalue weighted by Gasteiger charge is 2.21. The summed E-state index contributed by atoms with van der Waals surface area (Å²) in [6, 6.07) is 21.4. The third-order valence-electron chi connectivity index (χ3n) is 3.91. The number of hydrogen-bond donors (Lipinski definition) is 0. The Morgan fingerprint density at radius 1 is 1.00 bits per heavy atom. The molecule has 0 saturated heterocycles. The first kappa shape index (κ1) is 15.6. The highest BCUT2D eigenvalue weighted by atomic mass is 32.1. The van der Waals surface area contributed by atoms with Crippen LogP contribution in [0.2, 0.25) is 0 Å². The molecule has 25 heavy (non-hydrogen) atoms. The molecule has 124 valence electrons. The van der Waals surface area contributed by atoms with E-state index in [0.717, 1.165) is 21.5 Å². The minimum atomic E-state index is 0.00153. The number of para-hydroxylation sites is 1. The molecule has 0 saturated carbocycles. The standard InChI is InChI=1S/C20H16N2O2S/c23-19(13-15-7-2-1-3-8-15)22(14-16-9-6-12-24-16)20-21-17-10-4-5-11-18(17)25-20/h1-12H,13-14H2. The van der Waals surface area contributed by atoms with Crippen molar-refractivity contribution in [3.63, 3.8) is 0 Å². The molecule has 0 aliphatic rings. The minimum absolute atomic E-state index is 0.00153. The lowest BCUT2D eigenvalue weighted by molar-refractivity contribution is -0.118. The Labute approximate surface area is 149 Å². The van der Waals surface area contributed by atoms with Crippen LogP contribution in [-0.4, -0.2) is 10.9 Å². The van der Waals surface area contributed by atoms with Gasteiger partial charge in [-0.05, 0) is 29.8 Å². The van der Waals surface area contributed by atoms with Gasteiger partial charge in [0.25, 0.3) is 0 Å². The first-order valence-electron chi connectivity index (χ1n) is 8.02. The van der Waals surface area contributed by atoms with Crippen molar-refractivity contribution in [3.8, 4) is 0 Å². The molecule has 2 heterocycles. The van der Waals surface area contributed by atoms with Crippen LogP contribution < -0.4 is 4.90 Å². The minimum Gasteiger partial charge on any atom is -0.467 e. The van der Waals surface area contributed by atoms with Gasteiger partial charge in [-0.1, -0.05) is 53.8 Å². The van der Waals surface area contributed by atoms with Crippen molar-refractivity contribution >= 4 is 32.6 Å². The summed E-state index contributed by atoms with van der Waals surface area (Å²) in [4.78, 5) is 19.3. The van der Waals surface area contributed by atoms with Crippen LogP contribution in [-0.2, 0) is 17.8 Å². The molecular formula is C20H16N2O2S. The summed E-state index contributed by atoms with van der Waals surface area (Å²) in [6.07, 6.45) is 1.95. The zero-order valence-electron chi connectivity index (χ0n) is 13.5. The number of rotatable bonds is 5. The van der Waals surface area contributed by atoms with Crippen LogP contribution in [0, 0.1) is 0 Å². The van der Waals surface area contributed by atoms with Crippen molar-refractivity contribution in [3.05, 3.63) is 84.3 Å². The van der Waals surface area contributed by atoms with Crippen LogP contribution >= 0.6 is 11.3 Å². The second-order valence-corrected chi connectivity index (χ2v) is 6.69. The van der Waals surface area contributed by atoms with Gasteiger partial charge in [-0.15, -0.1) is 0 Å². The van der Waals surface area contributed by atoms with Gasteiger partial charge in [-0.3, -0.25) is 9.69 Å². The first-order valence-corrected chi connectivity index (χ1v) is 8.83. The van der Waals surface area contributed by atoms with E-state index < -0.39 is 0 Å². The fourth-order valence-corrected chi connectivity index (χ4v) is 3.64. The molecule has 4 nitrogen and oxygen atoms in total. The Morgan fingerprint density at radius 3 is 2.56 bits per heavy atom. The quantitative estimate of drug-likeness (QED) is 0.527. The number of anilines is 1. The molecule has 0 radical (unpaired) electrons. The number of benzene rings is 2. The lowest BCUT2D eigenvalue weighted by atomic mass is 10.1. The fraction of sp³-hybridized carbons (Fsp3) is 0.100. The zero-order chi connectivity index (χ0) is 17.1. The fourth-order valence-electron chi connectivity index (χ4n) is 2.66. The molecule has 0 atom stereocenters. The van der Waals surface area contributed by atoms with Crippen LogP contribution in [0.25, 0.3) is 10.2 Å². The Bertz CT molecular complexity index is 944. The largest absolute Gasteiger partial charge is 0.467 e. The Balaban J connectivity index is 1.66. The van der Waals surface area contributed by atoms with Crippen molar-refractivity contribution in [2.45, 2.75) is 13.0 Å². The van der Waals surface area contributed by atoms with Gasteiger partial charge >= 0.3 is 0 Å². The van der Waals surface area contributed by atoms with Gasteiger partial charge < -0.3 is 4.42 Å². The molecule has 1 amide bonds. The summed E-state index contributed by atoms with van der Waals surface area (Å²) in [5.41, 5.74) is 1.89. The van der Waals surface area contributed by atoms with Crippen LogP contribution in [0.15, 0.2) is 77.4 Å². The summed E-state index contributed by atoms with van der Waals surface area (Å²) < 4.78 is 6.51. The summed E-state index contributed by atoms with van der Waals surface area (Å²) in [5, 5.41) is 0.693. The number of furan rings is 1. The van der Waals surface area contributed by atoms with Crippen LogP contribution in [0.4, 0.5) is 5.13 Å². The monoisotopic (exact) mass is 348 g/mol. The van der Waals surface area contributed by atoms with Gasteiger partial charge in [-0.2, -0.15) is 0 Å². The molecular weight excluding hydrogens is 332 g/mol. The normalized spacial score (nSPS) is 10.9. The average molecular weight is 348 g/mol. The van der Waals surface area contributed by atoms with Crippen LogP contribution in [0.1, 0.15) is 11.3 Å². The molecule has 0 bridgehead atoms. The van der Waals surface area contributed by atoms with Crippen molar-refractivity contribution in [1.29, 1.82) is 0 Å². The molecule has 0 spiro atoms. The van der Waals surface area contributed by atoms with Crippen molar-refractivity contribution in [2.24, 2.45) is 0 Å². The van der Waals surface area contributed by atoms with Crippen molar-refractivity contribution in [1.82, 2.24) is 4.98 Å². The Kier molecular flexibility index (Phi) is 4.31. The second-order valence-electron chi connectivity index (χ2n) is 5.69. The second kappa shape index (κ2) is 6.91. The zero-order valence-corrected chi connectivity index (χ0v) is 14.3. The number of aromatic nitrogens is 1. The van der Waals surface area contributed by atoms with Gasteiger partial charge in [-0.25, -0.2) is 4.98 Å². The lowest BCUT2D eigenvalue weighted by Crippen LogP contribution is -2.31. The number of fused-ring (bicyclic) bond motifs is 1. The third-order valence-corrected chi connectivity index (χ3v) is 4.97. The van der Waals surface area contributed by atoms with E-state index in [-0.39, 0.29) is 5.91 Å². The highest BCUT2D eigenvalue weighted by molar-refractivity contribution is 7.22. The summed E-state index contributed by atoms with van der Waals surface area (Å²) in [5.74, 6) is 0.738. The van der Waals surface area contributed by atoms with Crippen molar-refractivity contribution in [2.75, 3.05) is 4.90 Å². The summed E-state index contributed by atoms with van der Waals surface area (Å²) in [6.45, 7) is 0.374. The highest BCUT2D eigenvalue weighted by Crippen LogP contribution is 2.30. The molecule has 2 aromatic carbocycles. The van der Waals surface area contributed by atoms with E-state index in [9.17, 15) is 4.79 Å². The maximum atomic E-state index is 13.0. The number of nitrogens with zero attached hydrogens (tertiary/aromatic N) is 2. The van der Waals surface area contributed by atoms with E-state index >= 15 is 0 Å². The van der Waals surface area contributed by atoms with E-state index in [4.69, 9.17) is 4.42 Å². The molecule has 4 aromatic rings. The van der Waals surface area contributed by atoms with E-state index in [0.29, 0.717) is 18.1 Å². The van der Waals surface area contributed by atoms with Crippen molar-refractivity contribution < 1.29 is 9.21 Å². The van der Waals surface area contributed by atoms with Gasteiger partial charge in [0.15, 0.2) is 5.13 Å². The number of carbonyl (C=O) groups is 1. The van der Waals surface area contributed by atoms with E-state index in [1.807, 2.05) is 66.7 Å². The van der Waals surface area contributed by atoms with E-state index in [2.05, 4.69) is 4.98 Å². The maximum Gasteiger partial charge on any atom is 0.233 e. The van der Waals surface area contributed by atoms with Gasteiger partial charge in [0.05, 0.1) is 29.4 Å². The van der Waals surface area contributed by atoms with Gasteiger partial charge in [0.1, 0.15) is 5.76 Å².